The fraction of sp³-hybridized carbons (Fsp3) is 0.733. The number of alkyl halides is 2. The van der Waals surface area contributed by atoms with Gasteiger partial charge in [-0.3, -0.25) is 4.90 Å². The molecule has 0 fully saturated rings. The quantitative estimate of drug-likeness (QED) is 0.803. The van der Waals surface area contributed by atoms with E-state index in [-0.39, 0.29) is 6.54 Å². The zero-order valence-corrected chi connectivity index (χ0v) is 14.5. The highest BCUT2D eigenvalue weighted by molar-refractivity contribution is 5.68. The van der Waals surface area contributed by atoms with Crippen LogP contribution in [-0.4, -0.2) is 52.0 Å². The number of nitrogens with zero attached hydrogens (tertiary/aromatic N) is 3. The van der Waals surface area contributed by atoms with Gasteiger partial charge in [0, 0.05) is 13.1 Å². The summed E-state index contributed by atoms with van der Waals surface area (Å²) in [5.74, 6) is 0.510. The Hall–Kier alpha value is -1.86. The Labute approximate surface area is 135 Å². The van der Waals surface area contributed by atoms with Gasteiger partial charge in [0.15, 0.2) is 0 Å². The first-order valence-corrected chi connectivity index (χ1v) is 7.41. The Morgan fingerprint density at radius 2 is 2.00 bits per heavy atom. The number of aryl methyl sites for hydroxylation is 2. The Bertz CT molecular complexity index is 527. The third kappa shape index (κ3) is 6.83. The van der Waals surface area contributed by atoms with Gasteiger partial charge in [0.05, 0.1) is 18.8 Å². The maximum Gasteiger partial charge on any atom is 0.410 e. The summed E-state index contributed by atoms with van der Waals surface area (Å²) in [6.45, 7) is 7.86. The molecule has 1 atom stereocenters. The van der Waals surface area contributed by atoms with Crippen LogP contribution >= 0.6 is 0 Å². The van der Waals surface area contributed by atoms with Crippen LogP contribution in [0.1, 0.15) is 33.4 Å². The molecule has 1 heterocycles. The van der Waals surface area contributed by atoms with Gasteiger partial charge in [-0.1, -0.05) is 0 Å². The summed E-state index contributed by atoms with van der Waals surface area (Å²) >= 11 is 0. The van der Waals surface area contributed by atoms with Crippen molar-refractivity contribution in [2.45, 2.75) is 52.7 Å². The molecule has 0 aliphatic rings. The molecule has 1 aromatic heterocycles. The van der Waals surface area contributed by atoms with Gasteiger partial charge >= 0.3 is 6.09 Å². The van der Waals surface area contributed by atoms with Gasteiger partial charge in [-0.2, -0.15) is 5.10 Å². The van der Waals surface area contributed by atoms with E-state index in [9.17, 15) is 13.6 Å². The Balaban J connectivity index is 2.72. The number of carbonyl (C=O) groups is 1. The van der Waals surface area contributed by atoms with Gasteiger partial charge in [-0.25, -0.2) is 18.3 Å². The molecule has 0 unspecified atom stereocenters. The molecule has 0 bridgehead atoms. The van der Waals surface area contributed by atoms with Gasteiger partial charge in [0.25, 0.3) is 6.43 Å². The molecule has 1 rings (SSSR count). The summed E-state index contributed by atoms with van der Waals surface area (Å²) in [5.41, 5.74) is 0.0343. The molecule has 0 aromatic carbocycles. The summed E-state index contributed by atoms with van der Waals surface area (Å²) in [6.07, 6.45) is -3.92. The lowest BCUT2D eigenvalue weighted by atomic mass is 10.2. The molecular formula is C15H25F2N3O3. The van der Waals surface area contributed by atoms with Gasteiger partial charge in [-0.05, 0) is 34.6 Å². The van der Waals surface area contributed by atoms with E-state index in [2.05, 4.69) is 5.10 Å². The zero-order valence-electron chi connectivity index (χ0n) is 14.5. The number of amides is 1. The summed E-state index contributed by atoms with van der Waals surface area (Å²) < 4.78 is 37.8. The minimum Gasteiger partial charge on any atom is -0.473 e. The van der Waals surface area contributed by atoms with Crippen LogP contribution in [0, 0.1) is 6.92 Å². The molecule has 132 valence electrons. The third-order valence-electron chi connectivity index (χ3n) is 2.77. The molecule has 0 N–H and O–H groups in total. The average Bonchev–Trinajstić information content (AvgIpc) is 2.64. The van der Waals surface area contributed by atoms with Crippen LogP contribution in [-0.2, 0) is 11.8 Å². The van der Waals surface area contributed by atoms with E-state index >= 15 is 0 Å². The Morgan fingerprint density at radius 1 is 1.39 bits per heavy atom. The first-order chi connectivity index (χ1) is 10.5. The topological polar surface area (TPSA) is 56.6 Å². The van der Waals surface area contributed by atoms with E-state index in [1.807, 2.05) is 6.92 Å². The summed E-state index contributed by atoms with van der Waals surface area (Å²) in [7, 11) is 1.72. The minimum absolute atomic E-state index is 0.0104. The predicted octanol–water partition coefficient (Wildman–Crippen LogP) is 3.00. The van der Waals surface area contributed by atoms with Crippen LogP contribution in [0.2, 0.25) is 0 Å². The smallest absolute Gasteiger partial charge is 0.410 e. The maximum absolute atomic E-state index is 12.7. The summed E-state index contributed by atoms with van der Waals surface area (Å²) in [4.78, 5) is 13.0. The highest BCUT2D eigenvalue weighted by Gasteiger charge is 2.26. The lowest BCUT2D eigenvalue weighted by Crippen LogP contribution is -2.44. The molecule has 0 aliphatic carbocycles. The molecule has 0 radical (unpaired) electrons. The van der Waals surface area contributed by atoms with Crippen LogP contribution < -0.4 is 4.74 Å². The van der Waals surface area contributed by atoms with Crippen molar-refractivity contribution in [2.75, 3.05) is 13.1 Å². The molecule has 1 amide bonds. The molecular weight excluding hydrogens is 308 g/mol. The number of ether oxygens (including phenoxy) is 2. The second-order valence-electron chi connectivity index (χ2n) is 6.45. The van der Waals surface area contributed by atoms with Gasteiger partial charge in [0.1, 0.15) is 11.7 Å². The third-order valence-corrected chi connectivity index (χ3v) is 2.77. The summed E-state index contributed by atoms with van der Waals surface area (Å²) in [5, 5.41) is 4.14. The van der Waals surface area contributed by atoms with Gasteiger partial charge in [-0.15, -0.1) is 0 Å². The second-order valence-corrected chi connectivity index (χ2v) is 6.45. The number of aromatic nitrogens is 2. The molecule has 1 aromatic rings. The number of hydrogen-bond donors (Lipinski definition) is 0. The first kappa shape index (κ1) is 19.2. The Morgan fingerprint density at radius 3 is 2.43 bits per heavy atom. The molecule has 8 heteroatoms. The van der Waals surface area contributed by atoms with E-state index < -0.39 is 30.8 Å². The maximum atomic E-state index is 12.7. The number of carbonyl (C=O) groups excluding carboxylic acids is 1. The summed E-state index contributed by atoms with van der Waals surface area (Å²) in [6, 6.07) is 1.74. The van der Waals surface area contributed by atoms with Crippen molar-refractivity contribution < 1.29 is 23.0 Å². The fourth-order valence-electron chi connectivity index (χ4n) is 1.97. The van der Waals surface area contributed by atoms with Crippen molar-refractivity contribution in [3.63, 3.8) is 0 Å². The van der Waals surface area contributed by atoms with Crippen LogP contribution in [0.15, 0.2) is 6.07 Å². The predicted molar refractivity (Wildman–Crippen MR) is 81.8 cm³/mol. The van der Waals surface area contributed by atoms with Crippen molar-refractivity contribution in [3.8, 4) is 5.88 Å². The number of rotatable bonds is 6. The molecule has 0 saturated carbocycles. The SMILES string of the molecule is Cc1cc(O[C@@H](C)CN(CC(F)F)C(=O)OC(C)(C)C)n(C)n1. The van der Waals surface area contributed by atoms with Crippen LogP contribution in [0.5, 0.6) is 5.88 Å². The highest BCUT2D eigenvalue weighted by Crippen LogP contribution is 2.15. The second kappa shape index (κ2) is 7.61. The Kier molecular flexibility index (Phi) is 6.35. The monoisotopic (exact) mass is 333 g/mol. The fourth-order valence-corrected chi connectivity index (χ4v) is 1.97. The van der Waals surface area contributed by atoms with Crippen molar-refractivity contribution in [1.82, 2.24) is 14.7 Å². The largest absolute Gasteiger partial charge is 0.473 e. The lowest BCUT2D eigenvalue weighted by molar-refractivity contribution is 0.00181. The number of hydrogen-bond acceptors (Lipinski definition) is 4. The van der Waals surface area contributed by atoms with E-state index in [1.165, 1.54) is 0 Å². The van der Waals surface area contributed by atoms with Crippen LogP contribution in [0.25, 0.3) is 0 Å². The van der Waals surface area contributed by atoms with Crippen molar-refractivity contribution in [2.24, 2.45) is 7.05 Å². The van der Waals surface area contributed by atoms with Gasteiger partial charge in [0.2, 0.25) is 5.88 Å². The molecule has 0 aliphatic heterocycles. The van der Waals surface area contributed by atoms with E-state index in [0.29, 0.717) is 5.88 Å². The van der Waals surface area contributed by atoms with E-state index in [1.54, 1.807) is 45.5 Å². The van der Waals surface area contributed by atoms with E-state index in [0.717, 1.165) is 10.6 Å². The minimum atomic E-state index is -2.64. The van der Waals surface area contributed by atoms with Crippen molar-refractivity contribution in [3.05, 3.63) is 11.8 Å². The lowest BCUT2D eigenvalue weighted by Gasteiger charge is -2.29. The first-order valence-electron chi connectivity index (χ1n) is 7.41. The molecule has 0 spiro atoms. The van der Waals surface area contributed by atoms with Crippen LogP contribution in [0.3, 0.4) is 0 Å². The highest BCUT2D eigenvalue weighted by atomic mass is 19.3. The normalized spacial score (nSPS) is 13.1. The molecule has 23 heavy (non-hydrogen) atoms. The van der Waals surface area contributed by atoms with Crippen molar-refractivity contribution in [1.29, 1.82) is 0 Å². The van der Waals surface area contributed by atoms with Crippen LogP contribution in [0.4, 0.5) is 13.6 Å². The standard InChI is InChI=1S/C15H25F2N3O3/c1-10-7-13(19(6)18-10)22-11(2)8-20(9-12(16)17)14(21)23-15(3,4)5/h7,11-12H,8-9H2,1-6H3/t11-/m0/s1. The average molecular weight is 333 g/mol. The van der Waals surface area contributed by atoms with Gasteiger partial charge < -0.3 is 9.47 Å². The molecule has 0 saturated heterocycles. The molecule has 6 nitrogen and oxygen atoms in total. The van der Waals surface area contributed by atoms with Crippen molar-refractivity contribution >= 4 is 6.09 Å². The number of halogens is 2. The zero-order chi connectivity index (χ0) is 17.8. The van der Waals surface area contributed by atoms with E-state index in [4.69, 9.17) is 9.47 Å².